The van der Waals surface area contributed by atoms with Gasteiger partial charge in [-0.1, -0.05) is 35.9 Å². The topological polar surface area (TPSA) is 91.0 Å². The summed E-state index contributed by atoms with van der Waals surface area (Å²) in [6.45, 7) is 0. The predicted molar refractivity (Wildman–Crippen MR) is 120 cm³/mol. The van der Waals surface area contributed by atoms with Crippen LogP contribution < -0.4 is 4.90 Å². The first-order valence-corrected chi connectivity index (χ1v) is 10.3. The van der Waals surface area contributed by atoms with Crippen molar-refractivity contribution in [1.29, 1.82) is 0 Å². The summed E-state index contributed by atoms with van der Waals surface area (Å²) in [4.78, 5) is 27.7. The van der Waals surface area contributed by atoms with Gasteiger partial charge in [-0.3, -0.25) is 14.5 Å². The number of aliphatic hydroxyl groups excluding tert-OH is 1. The van der Waals surface area contributed by atoms with Crippen molar-refractivity contribution in [2.24, 2.45) is 0 Å². The van der Waals surface area contributed by atoms with Crippen LogP contribution in [-0.4, -0.2) is 21.9 Å². The quantitative estimate of drug-likeness (QED) is 0.378. The third kappa shape index (κ3) is 3.43. The van der Waals surface area contributed by atoms with E-state index in [1.54, 1.807) is 30.3 Å². The molecule has 0 aliphatic carbocycles. The lowest BCUT2D eigenvalue weighted by Gasteiger charge is -2.27. The van der Waals surface area contributed by atoms with Crippen LogP contribution in [0.25, 0.3) is 11.0 Å². The normalized spacial score (nSPS) is 16.1. The summed E-state index contributed by atoms with van der Waals surface area (Å²) in [5, 5.41) is 22.2. The number of ketones is 1. The van der Waals surface area contributed by atoms with Crippen LogP contribution in [0.1, 0.15) is 22.2 Å². The number of rotatable bonds is 4. The van der Waals surface area contributed by atoms with Gasteiger partial charge >= 0.3 is 0 Å². The Morgan fingerprint density at radius 3 is 2.45 bits per heavy atom. The fraction of sp³-hybridized carbons (Fsp3) is 0.0400. The van der Waals surface area contributed by atoms with Gasteiger partial charge in [-0.05, 0) is 54.1 Å². The van der Waals surface area contributed by atoms with E-state index in [4.69, 9.17) is 16.0 Å². The van der Waals surface area contributed by atoms with E-state index in [-0.39, 0.29) is 22.8 Å². The number of phenols is 1. The Kier molecular flexibility index (Phi) is 4.91. The van der Waals surface area contributed by atoms with Gasteiger partial charge in [0.2, 0.25) is 5.78 Å². The smallest absolute Gasteiger partial charge is 0.294 e. The molecule has 164 valence electrons. The number of fused-ring (bicyclic) bond motifs is 1. The number of para-hydroxylation sites is 2. The highest BCUT2D eigenvalue weighted by Gasteiger charge is 2.46. The van der Waals surface area contributed by atoms with Crippen molar-refractivity contribution in [1.82, 2.24) is 0 Å². The molecule has 1 aliphatic rings. The Hall–Kier alpha value is -4.10. The van der Waals surface area contributed by atoms with Crippen LogP contribution in [0.5, 0.6) is 5.75 Å². The summed E-state index contributed by atoms with van der Waals surface area (Å²) in [6.07, 6.45) is 0. The minimum atomic E-state index is -1.13. The molecule has 0 saturated heterocycles. The molecule has 3 aromatic carbocycles. The lowest BCUT2D eigenvalue weighted by atomic mass is 9.94. The van der Waals surface area contributed by atoms with Gasteiger partial charge < -0.3 is 14.6 Å². The average Bonchev–Trinajstić information content (AvgIpc) is 3.33. The largest absolute Gasteiger partial charge is 0.506 e. The van der Waals surface area contributed by atoms with Crippen LogP contribution in [0, 0.1) is 5.82 Å². The minimum Gasteiger partial charge on any atom is -0.506 e. The second-order valence-corrected chi connectivity index (χ2v) is 7.94. The zero-order valence-electron chi connectivity index (χ0n) is 16.8. The van der Waals surface area contributed by atoms with Crippen molar-refractivity contribution < 1.29 is 28.6 Å². The molecule has 6 nitrogen and oxygen atoms in total. The molecule has 33 heavy (non-hydrogen) atoms. The molecule has 1 unspecified atom stereocenters. The molecule has 0 bridgehead atoms. The van der Waals surface area contributed by atoms with Gasteiger partial charge in [0, 0.05) is 10.4 Å². The zero-order valence-corrected chi connectivity index (χ0v) is 17.6. The van der Waals surface area contributed by atoms with Crippen LogP contribution in [0.2, 0.25) is 5.02 Å². The predicted octanol–water partition coefficient (Wildman–Crippen LogP) is 5.71. The molecule has 1 aliphatic heterocycles. The second kappa shape index (κ2) is 7.79. The van der Waals surface area contributed by atoms with E-state index in [9.17, 15) is 24.2 Å². The number of carbonyl (C=O) groups excluding carboxylic acids is 2. The number of carbonyl (C=O) groups is 2. The summed E-state index contributed by atoms with van der Waals surface area (Å²) in [7, 11) is 0. The van der Waals surface area contributed by atoms with Crippen LogP contribution >= 0.6 is 11.6 Å². The number of Topliss-reactive ketones (excluding diaryl/α,β-unsaturated/α-hetero) is 1. The molecular formula is C25H15ClFNO5. The maximum Gasteiger partial charge on any atom is 0.294 e. The minimum absolute atomic E-state index is 0.0857. The molecule has 2 heterocycles. The summed E-state index contributed by atoms with van der Waals surface area (Å²) in [6, 6.07) is 16.4. The summed E-state index contributed by atoms with van der Waals surface area (Å²) >= 11 is 6.01. The maximum atomic E-state index is 13.6. The van der Waals surface area contributed by atoms with E-state index in [2.05, 4.69) is 0 Å². The second-order valence-electron chi connectivity index (χ2n) is 7.50. The summed E-state index contributed by atoms with van der Waals surface area (Å²) in [5.41, 5.74) is 0.602. The van der Waals surface area contributed by atoms with Crippen molar-refractivity contribution in [3.8, 4) is 5.75 Å². The Labute approximate surface area is 191 Å². The first-order valence-electron chi connectivity index (χ1n) is 9.89. The van der Waals surface area contributed by atoms with Gasteiger partial charge in [0.1, 0.15) is 17.1 Å². The van der Waals surface area contributed by atoms with Gasteiger partial charge in [0.05, 0.1) is 17.3 Å². The summed E-state index contributed by atoms with van der Waals surface area (Å²) < 4.78 is 19.3. The molecule has 0 spiro atoms. The number of aliphatic hydroxyl groups is 1. The SMILES string of the molecule is O=C(C1=C(O)C(=O)N(c2ccccc2O)C1c1ccc(F)cc1)c1cc2cc(Cl)ccc2o1. The monoisotopic (exact) mass is 463 g/mol. The first-order chi connectivity index (χ1) is 15.8. The zero-order chi connectivity index (χ0) is 23.3. The van der Waals surface area contributed by atoms with Crippen LogP contribution in [0.4, 0.5) is 10.1 Å². The van der Waals surface area contributed by atoms with E-state index in [0.29, 0.717) is 21.6 Å². The third-order valence-corrected chi connectivity index (χ3v) is 5.72. The Morgan fingerprint density at radius 1 is 1.00 bits per heavy atom. The number of anilines is 1. The Morgan fingerprint density at radius 2 is 1.73 bits per heavy atom. The highest BCUT2D eigenvalue weighted by molar-refractivity contribution is 6.31. The van der Waals surface area contributed by atoms with Gasteiger partial charge in [0.15, 0.2) is 11.5 Å². The van der Waals surface area contributed by atoms with Crippen LogP contribution in [0.3, 0.4) is 0 Å². The molecule has 8 heteroatoms. The number of nitrogens with zero attached hydrogens (tertiary/aromatic N) is 1. The molecule has 5 rings (SSSR count). The van der Waals surface area contributed by atoms with Gasteiger partial charge in [0.25, 0.3) is 5.91 Å². The number of hydrogen-bond acceptors (Lipinski definition) is 5. The number of amides is 1. The molecule has 4 aromatic rings. The summed E-state index contributed by atoms with van der Waals surface area (Å²) in [5.74, 6) is -3.22. The van der Waals surface area contributed by atoms with Crippen molar-refractivity contribution in [3.05, 3.63) is 106 Å². The van der Waals surface area contributed by atoms with Crippen LogP contribution in [-0.2, 0) is 4.79 Å². The fourth-order valence-electron chi connectivity index (χ4n) is 3.97. The van der Waals surface area contributed by atoms with Gasteiger partial charge in [-0.25, -0.2) is 4.39 Å². The van der Waals surface area contributed by atoms with Crippen molar-refractivity contribution in [2.45, 2.75) is 6.04 Å². The number of phenolic OH excluding ortho intramolecular Hbond substituents is 1. The van der Waals surface area contributed by atoms with E-state index in [1.807, 2.05) is 0 Å². The standard InChI is InChI=1S/C25H15ClFNO5/c26-15-7-10-19-14(11-15)12-20(33-19)23(30)21-22(13-5-8-16(27)9-6-13)28(25(32)24(21)31)17-3-1-2-4-18(17)29/h1-12,22,29,31H. The van der Waals surface area contributed by atoms with Crippen molar-refractivity contribution in [2.75, 3.05) is 4.90 Å². The number of halogens is 2. The molecule has 1 aromatic heterocycles. The third-order valence-electron chi connectivity index (χ3n) is 5.48. The molecular weight excluding hydrogens is 449 g/mol. The highest BCUT2D eigenvalue weighted by Crippen LogP contribution is 2.44. The maximum absolute atomic E-state index is 13.6. The lowest BCUT2D eigenvalue weighted by Crippen LogP contribution is -2.31. The molecule has 0 radical (unpaired) electrons. The number of aromatic hydroxyl groups is 1. The number of benzene rings is 3. The fourth-order valence-corrected chi connectivity index (χ4v) is 4.15. The van der Waals surface area contributed by atoms with Gasteiger partial charge in [-0.2, -0.15) is 0 Å². The Balaban J connectivity index is 1.67. The average molecular weight is 464 g/mol. The van der Waals surface area contributed by atoms with Crippen molar-refractivity contribution in [3.63, 3.8) is 0 Å². The van der Waals surface area contributed by atoms with E-state index >= 15 is 0 Å². The number of furan rings is 1. The molecule has 1 atom stereocenters. The number of hydrogen-bond donors (Lipinski definition) is 2. The first kappa shape index (κ1) is 20.8. The van der Waals surface area contributed by atoms with E-state index in [1.165, 1.54) is 42.5 Å². The van der Waals surface area contributed by atoms with Gasteiger partial charge in [-0.15, -0.1) is 0 Å². The van der Waals surface area contributed by atoms with E-state index < -0.39 is 29.3 Å². The molecule has 1 amide bonds. The molecule has 0 fully saturated rings. The highest BCUT2D eigenvalue weighted by atomic mass is 35.5. The van der Waals surface area contributed by atoms with Crippen LogP contribution in [0.15, 0.2) is 88.5 Å². The van der Waals surface area contributed by atoms with E-state index in [0.717, 1.165) is 4.90 Å². The Bertz CT molecular complexity index is 1460. The molecule has 2 N–H and O–H groups in total. The molecule has 0 saturated carbocycles. The lowest BCUT2D eigenvalue weighted by molar-refractivity contribution is -0.117. The van der Waals surface area contributed by atoms with Crippen molar-refractivity contribution >= 4 is 39.9 Å².